The van der Waals surface area contributed by atoms with Gasteiger partial charge in [-0.1, -0.05) is 54.1 Å². The molecule has 0 saturated carbocycles. The van der Waals surface area contributed by atoms with Crippen LogP contribution in [0.3, 0.4) is 0 Å². The van der Waals surface area contributed by atoms with Gasteiger partial charge in [-0.25, -0.2) is 4.68 Å². The van der Waals surface area contributed by atoms with Crippen molar-refractivity contribution in [2.75, 3.05) is 26.2 Å². The second-order valence-electron chi connectivity index (χ2n) is 7.36. The van der Waals surface area contributed by atoms with Crippen LogP contribution < -0.4 is 5.56 Å². The number of carbonyl (C=O) groups excluding carboxylic acids is 1. The molecule has 1 aliphatic rings. The third-order valence-electron chi connectivity index (χ3n) is 5.27. The van der Waals surface area contributed by atoms with Crippen LogP contribution in [0.25, 0.3) is 11.3 Å². The van der Waals surface area contributed by atoms with Gasteiger partial charge in [0.2, 0.25) is 5.91 Å². The summed E-state index contributed by atoms with van der Waals surface area (Å²) >= 11 is 5.94. The number of hydrogen-bond donors (Lipinski definition) is 0. The van der Waals surface area contributed by atoms with Gasteiger partial charge in [-0.05, 0) is 23.8 Å². The van der Waals surface area contributed by atoms with Crippen molar-refractivity contribution < 1.29 is 4.79 Å². The van der Waals surface area contributed by atoms with Gasteiger partial charge < -0.3 is 4.90 Å². The van der Waals surface area contributed by atoms with E-state index in [1.54, 1.807) is 18.2 Å². The highest BCUT2D eigenvalue weighted by molar-refractivity contribution is 6.30. The molecular formula is C23H23ClN4O2. The number of piperazine rings is 1. The summed E-state index contributed by atoms with van der Waals surface area (Å²) in [5.74, 6) is -0.0859. The Hall–Kier alpha value is -2.96. The number of halogens is 1. The number of nitrogens with zero attached hydrogens (tertiary/aromatic N) is 4. The fraction of sp³-hybridized carbons (Fsp3) is 0.261. The Balaban J connectivity index is 1.38. The molecule has 2 aromatic carbocycles. The topological polar surface area (TPSA) is 58.4 Å². The van der Waals surface area contributed by atoms with Crippen LogP contribution in [0.5, 0.6) is 0 Å². The summed E-state index contributed by atoms with van der Waals surface area (Å²) in [7, 11) is 0. The fourth-order valence-corrected chi connectivity index (χ4v) is 3.69. The second-order valence-corrected chi connectivity index (χ2v) is 7.80. The highest BCUT2D eigenvalue weighted by Gasteiger charge is 2.22. The lowest BCUT2D eigenvalue weighted by atomic mass is 10.1. The molecule has 154 valence electrons. The minimum atomic E-state index is -0.288. The maximum Gasteiger partial charge on any atom is 0.267 e. The molecule has 4 rings (SSSR count). The molecule has 1 aliphatic heterocycles. The SMILES string of the molecule is O=C(Cn1nc(-c2ccc(Cl)cc2)ccc1=O)N1CCN(Cc2ccccc2)CC1. The van der Waals surface area contributed by atoms with Crippen LogP contribution in [-0.4, -0.2) is 51.7 Å². The van der Waals surface area contributed by atoms with Crippen molar-refractivity contribution in [2.24, 2.45) is 0 Å². The van der Waals surface area contributed by atoms with Gasteiger partial charge in [0.15, 0.2) is 0 Å². The molecule has 7 heteroatoms. The van der Waals surface area contributed by atoms with E-state index in [0.29, 0.717) is 23.8 Å². The van der Waals surface area contributed by atoms with E-state index >= 15 is 0 Å². The van der Waals surface area contributed by atoms with Gasteiger partial charge in [0.25, 0.3) is 5.56 Å². The number of carbonyl (C=O) groups is 1. The van der Waals surface area contributed by atoms with Gasteiger partial charge in [0.1, 0.15) is 6.54 Å². The standard InChI is InChI=1S/C23H23ClN4O2/c24-20-8-6-19(7-9-20)21-10-11-22(29)28(25-21)17-23(30)27-14-12-26(13-15-27)16-18-4-2-1-3-5-18/h1-11H,12-17H2. The monoisotopic (exact) mass is 422 g/mol. The van der Waals surface area contributed by atoms with E-state index in [-0.39, 0.29) is 18.0 Å². The molecule has 1 saturated heterocycles. The Labute approximate surface area is 180 Å². The Bertz CT molecular complexity index is 1060. The summed E-state index contributed by atoms with van der Waals surface area (Å²) in [5.41, 5.74) is 2.46. The maximum atomic E-state index is 12.8. The first-order valence-corrected chi connectivity index (χ1v) is 10.3. The summed E-state index contributed by atoms with van der Waals surface area (Å²) in [5, 5.41) is 5.01. The number of benzene rings is 2. The third-order valence-corrected chi connectivity index (χ3v) is 5.52. The highest BCUT2D eigenvalue weighted by atomic mass is 35.5. The Morgan fingerprint density at radius 3 is 2.30 bits per heavy atom. The smallest absolute Gasteiger partial charge is 0.267 e. The van der Waals surface area contributed by atoms with Gasteiger partial charge in [-0.3, -0.25) is 14.5 Å². The summed E-state index contributed by atoms with van der Waals surface area (Å²) in [6, 6.07) is 20.7. The van der Waals surface area contributed by atoms with Crippen molar-refractivity contribution in [3.8, 4) is 11.3 Å². The molecule has 0 aliphatic carbocycles. The first-order chi connectivity index (χ1) is 14.6. The van der Waals surface area contributed by atoms with Gasteiger partial charge >= 0.3 is 0 Å². The zero-order valence-corrected chi connectivity index (χ0v) is 17.3. The van der Waals surface area contributed by atoms with E-state index in [4.69, 9.17) is 11.6 Å². The van der Waals surface area contributed by atoms with E-state index in [0.717, 1.165) is 25.2 Å². The molecule has 0 N–H and O–H groups in total. The highest BCUT2D eigenvalue weighted by Crippen LogP contribution is 2.18. The second kappa shape index (κ2) is 9.24. The quantitative estimate of drug-likeness (QED) is 0.634. The zero-order valence-electron chi connectivity index (χ0n) is 16.6. The Kier molecular flexibility index (Phi) is 6.26. The van der Waals surface area contributed by atoms with Crippen molar-refractivity contribution >= 4 is 17.5 Å². The average molecular weight is 423 g/mol. The van der Waals surface area contributed by atoms with Crippen LogP contribution in [0.1, 0.15) is 5.56 Å². The number of amides is 1. The summed E-state index contributed by atoms with van der Waals surface area (Å²) in [4.78, 5) is 29.1. The van der Waals surface area contributed by atoms with Gasteiger partial charge in [0, 0.05) is 49.4 Å². The van der Waals surface area contributed by atoms with Gasteiger partial charge in [-0.15, -0.1) is 0 Å². The van der Waals surface area contributed by atoms with E-state index in [2.05, 4.69) is 22.1 Å². The summed E-state index contributed by atoms with van der Waals surface area (Å²) in [6.45, 7) is 3.75. The lowest BCUT2D eigenvalue weighted by Crippen LogP contribution is -2.49. The van der Waals surface area contributed by atoms with Crippen LogP contribution in [0.4, 0.5) is 0 Å². The lowest BCUT2D eigenvalue weighted by Gasteiger charge is -2.34. The Morgan fingerprint density at radius 1 is 0.900 bits per heavy atom. The van der Waals surface area contributed by atoms with E-state index < -0.39 is 0 Å². The average Bonchev–Trinajstić information content (AvgIpc) is 2.77. The molecule has 0 bridgehead atoms. The Morgan fingerprint density at radius 2 is 1.60 bits per heavy atom. The summed E-state index contributed by atoms with van der Waals surface area (Å²) < 4.78 is 1.24. The molecule has 1 aromatic heterocycles. The van der Waals surface area contributed by atoms with Crippen molar-refractivity contribution in [1.82, 2.24) is 19.6 Å². The largest absolute Gasteiger partial charge is 0.339 e. The lowest BCUT2D eigenvalue weighted by molar-refractivity contribution is -0.133. The molecule has 2 heterocycles. The molecule has 0 atom stereocenters. The van der Waals surface area contributed by atoms with Crippen molar-refractivity contribution in [1.29, 1.82) is 0 Å². The minimum Gasteiger partial charge on any atom is -0.339 e. The summed E-state index contributed by atoms with van der Waals surface area (Å²) in [6.07, 6.45) is 0. The van der Waals surface area contributed by atoms with Gasteiger partial charge in [0.05, 0.1) is 5.69 Å². The van der Waals surface area contributed by atoms with Crippen molar-refractivity contribution in [2.45, 2.75) is 13.1 Å². The zero-order chi connectivity index (χ0) is 20.9. The first kappa shape index (κ1) is 20.3. The van der Waals surface area contributed by atoms with Crippen molar-refractivity contribution in [3.05, 3.63) is 87.7 Å². The van der Waals surface area contributed by atoms with Crippen LogP contribution in [0.15, 0.2) is 71.5 Å². The number of rotatable bonds is 5. The predicted molar refractivity (Wildman–Crippen MR) is 117 cm³/mol. The number of hydrogen-bond acceptors (Lipinski definition) is 4. The number of aromatic nitrogens is 2. The van der Waals surface area contributed by atoms with Crippen LogP contribution in [0, 0.1) is 0 Å². The molecule has 0 unspecified atom stereocenters. The van der Waals surface area contributed by atoms with E-state index in [9.17, 15) is 9.59 Å². The normalized spacial score (nSPS) is 14.6. The molecule has 0 radical (unpaired) electrons. The third kappa shape index (κ3) is 4.96. The molecule has 3 aromatic rings. The molecule has 1 amide bonds. The molecular weight excluding hydrogens is 400 g/mol. The minimum absolute atomic E-state index is 0.0566. The molecule has 0 spiro atoms. The molecule has 6 nitrogen and oxygen atoms in total. The van der Waals surface area contributed by atoms with Crippen molar-refractivity contribution in [3.63, 3.8) is 0 Å². The molecule has 30 heavy (non-hydrogen) atoms. The van der Waals surface area contributed by atoms with Crippen LogP contribution in [0.2, 0.25) is 5.02 Å². The fourth-order valence-electron chi connectivity index (χ4n) is 3.56. The predicted octanol–water partition coefficient (Wildman–Crippen LogP) is 2.91. The van der Waals surface area contributed by atoms with Crippen LogP contribution >= 0.6 is 11.6 Å². The van der Waals surface area contributed by atoms with Gasteiger partial charge in [-0.2, -0.15) is 5.10 Å². The maximum absolute atomic E-state index is 12.8. The van der Waals surface area contributed by atoms with E-state index in [1.807, 2.05) is 35.2 Å². The van der Waals surface area contributed by atoms with E-state index in [1.165, 1.54) is 16.3 Å². The van der Waals surface area contributed by atoms with Crippen LogP contribution in [-0.2, 0) is 17.9 Å². The first-order valence-electron chi connectivity index (χ1n) is 9.97. The molecule has 1 fully saturated rings.